The number of carbonyl (C=O) groups is 1. The number of alkyl halides is 2. The lowest BCUT2D eigenvalue weighted by Gasteiger charge is -2.41. The van der Waals surface area contributed by atoms with E-state index in [2.05, 4.69) is 10.2 Å². The number of hydrogen-bond donors (Lipinski definition) is 2. The Morgan fingerprint density at radius 1 is 1.45 bits per heavy atom. The SMILES string of the molecule is CC(CNC(=O)C(F)(F)C1(O)CCC1)N1CCOCC1. The molecule has 1 aliphatic heterocycles. The van der Waals surface area contributed by atoms with Crippen molar-refractivity contribution in [3.8, 4) is 0 Å². The molecule has 5 nitrogen and oxygen atoms in total. The molecule has 0 aromatic carbocycles. The molecule has 7 heteroatoms. The second-order valence-electron chi connectivity index (χ2n) is 5.67. The van der Waals surface area contributed by atoms with Crippen molar-refractivity contribution in [2.45, 2.75) is 43.8 Å². The molecule has 20 heavy (non-hydrogen) atoms. The summed E-state index contributed by atoms with van der Waals surface area (Å²) >= 11 is 0. The van der Waals surface area contributed by atoms with Gasteiger partial charge in [-0.1, -0.05) is 0 Å². The van der Waals surface area contributed by atoms with Gasteiger partial charge < -0.3 is 15.2 Å². The number of amides is 1. The van der Waals surface area contributed by atoms with E-state index >= 15 is 0 Å². The summed E-state index contributed by atoms with van der Waals surface area (Å²) in [4.78, 5) is 13.7. The van der Waals surface area contributed by atoms with Crippen LogP contribution in [-0.2, 0) is 9.53 Å². The monoisotopic (exact) mass is 292 g/mol. The summed E-state index contributed by atoms with van der Waals surface area (Å²) < 4.78 is 32.9. The summed E-state index contributed by atoms with van der Waals surface area (Å²) in [7, 11) is 0. The molecule has 0 bridgehead atoms. The van der Waals surface area contributed by atoms with Gasteiger partial charge in [-0.25, -0.2) is 0 Å². The number of rotatable bonds is 5. The topological polar surface area (TPSA) is 61.8 Å². The molecule has 2 rings (SSSR count). The molecule has 0 aromatic heterocycles. The number of carbonyl (C=O) groups excluding carboxylic acids is 1. The summed E-state index contributed by atoms with van der Waals surface area (Å²) in [5, 5.41) is 11.9. The fourth-order valence-corrected chi connectivity index (χ4v) is 2.54. The molecule has 1 saturated heterocycles. The zero-order valence-corrected chi connectivity index (χ0v) is 11.7. The minimum atomic E-state index is -3.71. The van der Waals surface area contributed by atoms with Crippen LogP contribution in [0.15, 0.2) is 0 Å². The fourth-order valence-electron chi connectivity index (χ4n) is 2.54. The third kappa shape index (κ3) is 2.94. The van der Waals surface area contributed by atoms with E-state index in [4.69, 9.17) is 4.74 Å². The van der Waals surface area contributed by atoms with E-state index in [1.165, 1.54) is 0 Å². The predicted molar refractivity (Wildman–Crippen MR) is 68.6 cm³/mol. The Balaban J connectivity index is 1.82. The van der Waals surface area contributed by atoms with E-state index in [1.807, 2.05) is 6.92 Å². The van der Waals surface area contributed by atoms with Crippen LogP contribution in [0.1, 0.15) is 26.2 Å². The summed E-state index contributed by atoms with van der Waals surface area (Å²) in [6.45, 7) is 4.73. The van der Waals surface area contributed by atoms with Crippen LogP contribution >= 0.6 is 0 Å². The van der Waals surface area contributed by atoms with Crippen LogP contribution in [-0.4, -0.2) is 66.3 Å². The number of aliphatic hydroxyl groups is 1. The largest absolute Gasteiger partial charge is 0.383 e. The third-order valence-corrected chi connectivity index (χ3v) is 4.28. The quantitative estimate of drug-likeness (QED) is 0.769. The van der Waals surface area contributed by atoms with Crippen LogP contribution < -0.4 is 5.32 Å². The van der Waals surface area contributed by atoms with Gasteiger partial charge in [0.15, 0.2) is 0 Å². The Kier molecular flexibility index (Phi) is 4.61. The van der Waals surface area contributed by atoms with E-state index in [-0.39, 0.29) is 25.4 Å². The third-order valence-electron chi connectivity index (χ3n) is 4.28. The van der Waals surface area contributed by atoms with Gasteiger partial charge in [0.2, 0.25) is 0 Å². The van der Waals surface area contributed by atoms with Gasteiger partial charge in [-0.2, -0.15) is 8.78 Å². The van der Waals surface area contributed by atoms with Crippen LogP contribution in [0.4, 0.5) is 8.78 Å². The van der Waals surface area contributed by atoms with Gasteiger partial charge in [-0.05, 0) is 26.2 Å². The summed E-state index contributed by atoms with van der Waals surface area (Å²) in [5.41, 5.74) is -2.15. The lowest BCUT2D eigenvalue weighted by Crippen LogP contribution is -2.61. The first-order chi connectivity index (χ1) is 9.37. The van der Waals surface area contributed by atoms with E-state index in [1.54, 1.807) is 0 Å². The fraction of sp³-hybridized carbons (Fsp3) is 0.923. The van der Waals surface area contributed by atoms with Gasteiger partial charge in [-0.3, -0.25) is 9.69 Å². The number of ether oxygens (including phenoxy) is 1. The summed E-state index contributed by atoms with van der Waals surface area (Å²) in [6.07, 6.45) is 0.489. The number of morpholine rings is 1. The van der Waals surface area contributed by atoms with Crippen molar-refractivity contribution < 1.29 is 23.4 Å². The van der Waals surface area contributed by atoms with Crippen LogP contribution in [0.5, 0.6) is 0 Å². The van der Waals surface area contributed by atoms with Crippen molar-refractivity contribution in [1.29, 1.82) is 0 Å². The molecule has 0 spiro atoms. The van der Waals surface area contributed by atoms with Gasteiger partial charge >= 0.3 is 5.92 Å². The maximum atomic E-state index is 13.8. The molecule has 1 heterocycles. The van der Waals surface area contributed by atoms with Crippen LogP contribution in [0.25, 0.3) is 0 Å². The molecular weight excluding hydrogens is 270 g/mol. The molecule has 0 aromatic rings. The molecule has 1 saturated carbocycles. The highest BCUT2D eigenvalue weighted by Crippen LogP contribution is 2.44. The number of halogens is 2. The standard InChI is InChI=1S/C13H22F2N2O3/c1-10(17-5-7-20-8-6-17)9-16-11(18)13(14,15)12(19)3-2-4-12/h10,19H,2-9H2,1H3,(H,16,18). The zero-order chi connectivity index (χ0) is 14.8. The Labute approximate surface area is 117 Å². The van der Waals surface area contributed by atoms with Crippen molar-refractivity contribution in [3.05, 3.63) is 0 Å². The van der Waals surface area contributed by atoms with Crippen molar-refractivity contribution in [2.75, 3.05) is 32.8 Å². The van der Waals surface area contributed by atoms with Crippen LogP contribution in [0, 0.1) is 0 Å². The second kappa shape index (κ2) is 5.91. The lowest BCUT2D eigenvalue weighted by atomic mass is 9.75. The average Bonchev–Trinajstić information content (AvgIpc) is 2.42. The molecule has 2 N–H and O–H groups in total. The summed E-state index contributed by atoms with van der Waals surface area (Å²) in [6, 6.07) is -0.0327. The van der Waals surface area contributed by atoms with Gasteiger partial charge in [-0.15, -0.1) is 0 Å². The molecule has 1 amide bonds. The molecule has 1 aliphatic carbocycles. The van der Waals surface area contributed by atoms with Crippen LogP contribution in [0.2, 0.25) is 0 Å². The van der Waals surface area contributed by atoms with Crippen molar-refractivity contribution in [2.24, 2.45) is 0 Å². The maximum absolute atomic E-state index is 13.8. The molecule has 2 aliphatic rings. The predicted octanol–water partition coefficient (Wildman–Crippen LogP) is 0.374. The first-order valence-corrected chi connectivity index (χ1v) is 7.07. The van der Waals surface area contributed by atoms with Crippen molar-refractivity contribution in [3.63, 3.8) is 0 Å². The smallest absolute Gasteiger partial charge is 0.352 e. The van der Waals surface area contributed by atoms with Crippen molar-refractivity contribution in [1.82, 2.24) is 10.2 Å². The Morgan fingerprint density at radius 2 is 2.05 bits per heavy atom. The van der Waals surface area contributed by atoms with E-state index < -0.39 is 17.4 Å². The van der Waals surface area contributed by atoms with Crippen LogP contribution in [0.3, 0.4) is 0 Å². The minimum Gasteiger partial charge on any atom is -0.383 e. The molecule has 116 valence electrons. The lowest BCUT2D eigenvalue weighted by molar-refractivity contribution is -0.216. The maximum Gasteiger partial charge on any atom is 0.352 e. The number of nitrogens with one attached hydrogen (secondary N) is 1. The summed E-state index contributed by atoms with van der Waals surface area (Å²) in [5.74, 6) is -5.09. The van der Waals surface area contributed by atoms with Crippen molar-refractivity contribution >= 4 is 5.91 Å². The second-order valence-corrected chi connectivity index (χ2v) is 5.67. The molecular formula is C13H22F2N2O3. The number of nitrogens with zero attached hydrogens (tertiary/aromatic N) is 1. The van der Waals surface area contributed by atoms with Gasteiger partial charge in [0.05, 0.1) is 13.2 Å². The first kappa shape index (κ1) is 15.6. The average molecular weight is 292 g/mol. The zero-order valence-electron chi connectivity index (χ0n) is 11.7. The van der Waals surface area contributed by atoms with E-state index in [0.717, 1.165) is 13.1 Å². The van der Waals surface area contributed by atoms with E-state index in [0.29, 0.717) is 19.6 Å². The van der Waals surface area contributed by atoms with Gasteiger partial charge in [0.25, 0.3) is 5.91 Å². The van der Waals surface area contributed by atoms with Gasteiger partial charge in [0.1, 0.15) is 5.60 Å². The highest BCUT2D eigenvalue weighted by Gasteiger charge is 2.61. The molecule has 2 fully saturated rings. The molecule has 0 radical (unpaired) electrons. The Hall–Kier alpha value is -0.790. The highest BCUT2D eigenvalue weighted by molar-refractivity contribution is 5.85. The Morgan fingerprint density at radius 3 is 2.55 bits per heavy atom. The highest BCUT2D eigenvalue weighted by atomic mass is 19.3. The number of hydrogen-bond acceptors (Lipinski definition) is 4. The molecule has 1 unspecified atom stereocenters. The normalized spacial score (nSPS) is 24.8. The Bertz CT molecular complexity index is 356. The van der Waals surface area contributed by atoms with Gasteiger partial charge in [0, 0.05) is 25.7 Å². The first-order valence-electron chi connectivity index (χ1n) is 7.07. The van der Waals surface area contributed by atoms with E-state index in [9.17, 15) is 18.7 Å². The molecule has 1 atom stereocenters. The minimum absolute atomic E-state index is 0.0214.